The van der Waals surface area contributed by atoms with Gasteiger partial charge < -0.3 is 14.7 Å². The monoisotopic (exact) mass is 510 g/mol. The topological polar surface area (TPSA) is 53.0 Å². The molecule has 0 atom stereocenters. The number of thiocarbonyl (C=S) groups is 1. The zero-order valence-electron chi connectivity index (χ0n) is 14.6. The number of likely N-dealkylation sites (N-methyl/N-ethyl adjacent to an activating group) is 1. The van der Waals surface area contributed by atoms with Gasteiger partial charge in [0.1, 0.15) is 17.2 Å². The van der Waals surface area contributed by atoms with Crippen LogP contribution in [0.1, 0.15) is 12.5 Å². The van der Waals surface area contributed by atoms with Gasteiger partial charge in [0.15, 0.2) is 5.11 Å². The number of benzene rings is 2. The van der Waals surface area contributed by atoms with Crippen LogP contribution in [0.4, 0.5) is 5.69 Å². The third-order valence-electron chi connectivity index (χ3n) is 4.01. The molecule has 1 amide bonds. The predicted molar refractivity (Wildman–Crippen MR) is 117 cm³/mol. The first kappa shape index (κ1) is 19.9. The predicted octanol–water partition coefficient (Wildman–Crippen LogP) is 4.92. The van der Waals surface area contributed by atoms with Crippen LogP contribution in [-0.4, -0.2) is 34.7 Å². The number of ether oxygens (including phenoxy) is 1. The van der Waals surface area contributed by atoms with E-state index < -0.39 is 0 Å². The van der Waals surface area contributed by atoms with Crippen molar-refractivity contribution < 1.29 is 14.6 Å². The molecule has 140 valence electrons. The van der Waals surface area contributed by atoms with Crippen molar-refractivity contribution in [1.29, 1.82) is 0 Å². The zero-order valence-corrected chi connectivity index (χ0v) is 18.6. The number of phenols is 1. The number of rotatable bonds is 4. The fourth-order valence-corrected chi connectivity index (χ4v) is 4.18. The van der Waals surface area contributed by atoms with Crippen molar-refractivity contribution in [1.82, 2.24) is 4.90 Å². The summed E-state index contributed by atoms with van der Waals surface area (Å²) in [5.74, 6) is 0.628. The van der Waals surface area contributed by atoms with Crippen LogP contribution in [0.15, 0.2) is 51.0 Å². The Hall–Kier alpha value is -1.90. The molecule has 1 aliphatic heterocycles. The Balaban J connectivity index is 1.95. The van der Waals surface area contributed by atoms with Crippen molar-refractivity contribution in [3.8, 4) is 11.5 Å². The Morgan fingerprint density at radius 3 is 2.33 bits per heavy atom. The maximum atomic E-state index is 13.0. The van der Waals surface area contributed by atoms with Crippen LogP contribution in [-0.2, 0) is 4.79 Å². The van der Waals surface area contributed by atoms with E-state index in [4.69, 9.17) is 17.0 Å². The fourth-order valence-electron chi connectivity index (χ4n) is 2.67. The molecule has 0 saturated carbocycles. The van der Waals surface area contributed by atoms with Crippen LogP contribution in [0.25, 0.3) is 6.08 Å². The van der Waals surface area contributed by atoms with Crippen molar-refractivity contribution in [3.63, 3.8) is 0 Å². The van der Waals surface area contributed by atoms with Crippen LogP contribution >= 0.6 is 44.1 Å². The van der Waals surface area contributed by atoms with E-state index >= 15 is 0 Å². The molecule has 2 aromatic rings. The van der Waals surface area contributed by atoms with Gasteiger partial charge in [-0.3, -0.25) is 9.69 Å². The first-order valence-corrected chi connectivity index (χ1v) is 10.1. The minimum absolute atomic E-state index is 0.106. The van der Waals surface area contributed by atoms with E-state index in [-0.39, 0.29) is 11.7 Å². The van der Waals surface area contributed by atoms with Crippen molar-refractivity contribution in [2.45, 2.75) is 6.92 Å². The van der Waals surface area contributed by atoms with Gasteiger partial charge >= 0.3 is 0 Å². The number of phenolic OH excluding ortho intramolecular Hbond substituents is 1. The molecular weight excluding hydrogens is 496 g/mol. The van der Waals surface area contributed by atoms with Gasteiger partial charge in [0, 0.05) is 7.05 Å². The van der Waals surface area contributed by atoms with Gasteiger partial charge in [0.2, 0.25) is 0 Å². The van der Waals surface area contributed by atoms with Gasteiger partial charge in [-0.1, -0.05) is 0 Å². The van der Waals surface area contributed by atoms with Crippen LogP contribution in [0.3, 0.4) is 0 Å². The number of carbonyl (C=O) groups is 1. The Morgan fingerprint density at radius 1 is 1.19 bits per heavy atom. The standard InChI is InChI=1S/C19H16Br2N2O3S/c1-3-26-13-6-4-12(5-7-13)23-18(25)16(22(2)19(23)27)10-11-8-14(20)17(24)15(21)9-11/h4-10,24H,3H2,1-2H3/b16-10-. The van der Waals surface area contributed by atoms with Gasteiger partial charge in [-0.15, -0.1) is 0 Å². The lowest BCUT2D eigenvalue weighted by atomic mass is 10.1. The number of halogens is 2. The largest absolute Gasteiger partial charge is 0.506 e. The van der Waals surface area contributed by atoms with E-state index in [0.29, 0.717) is 32.0 Å². The zero-order chi connectivity index (χ0) is 19.7. The molecule has 0 radical (unpaired) electrons. The lowest BCUT2D eigenvalue weighted by Crippen LogP contribution is -2.31. The molecule has 1 heterocycles. The first-order chi connectivity index (χ1) is 12.8. The molecule has 5 nitrogen and oxygen atoms in total. The van der Waals surface area contributed by atoms with E-state index in [0.717, 1.165) is 11.3 Å². The normalized spacial score (nSPS) is 15.8. The van der Waals surface area contributed by atoms with Crippen molar-refractivity contribution in [2.24, 2.45) is 0 Å². The number of amides is 1. The van der Waals surface area contributed by atoms with Crippen LogP contribution in [0.2, 0.25) is 0 Å². The second kappa shape index (κ2) is 8.00. The maximum Gasteiger partial charge on any atom is 0.281 e. The van der Waals surface area contributed by atoms with Crippen molar-refractivity contribution in [2.75, 3.05) is 18.6 Å². The molecule has 1 N–H and O–H groups in total. The quantitative estimate of drug-likeness (QED) is 0.466. The highest BCUT2D eigenvalue weighted by Gasteiger charge is 2.36. The van der Waals surface area contributed by atoms with E-state index in [1.807, 2.05) is 19.1 Å². The summed E-state index contributed by atoms with van der Waals surface area (Å²) in [6.07, 6.45) is 1.73. The third kappa shape index (κ3) is 3.88. The maximum absolute atomic E-state index is 13.0. The Morgan fingerprint density at radius 2 is 1.78 bits per heavy atom. The summed E-state index contributed by atoms with van der Waals surface area (Å²) in [7, 11) is 1.76. The summed E-state index contributed by atoms with van der Waals surface area (Å²) in [6.45, 7) is 2.49. The SMILES string of the molecule is CCOc1ccc(N2C(=O)/C(=C/c3cc(Br)c(O)c(Br)c3)N(C)C2=S)cc1. The Bertz CT molecular complexity index is 921. The minimum atomic E-state index is -0.216. The third-order valence-corrected chi connectivity index (χ3v) is 5.68. The van der Waals surface area contributed by atoms with Crippen LogP contribution in [0, 0.1) is 0 Å². The molecule has 0 unspecified atom stereocenters. The second-order valence-electron chi connectivity index (χ2n) is 5.77. The summed E-state index contributed by atoms with van der Waals surface area (Å²) in [5, 5.41) is 10.3. The molecule has 0 aliphatic carbocycles. The van der Waals surface area contributed by atoms with Crippen LogP contribution in [0.5, 0.6) is 11.5 Å². The van der Waals surface area contributed by atoms with Gasteiger partial charge in [-0.2, -0.15) is 0 Å². The summed E-state index contributed by atoms with van der Waals surface area (Å²) in [6, 6.07) is 10.7. The van der Waals surface area contributed by atoms with E-state index in [1.165, 1.54) is 4.90 Å². The van der Waals surface area contributed by atoms with E-state index in [2.05, 4.69) is 31.9 Å². The molecule has 1 aliphatic rings. The average molecular weight is 512 g/mol. The lowest BCUT2D eigenvalue weighted by molar-refractivity contribution is -0.114. The summed E-state index contributed by atoms with van der Waals surface area (Å²) >= 11 is 12.1. The summed E-state index contributed by atoms with van der Waals surface area (Å²) in [4.78, 5) is 16.2. The molecular formula is C19H16Br2N2O3S. The lowest BCUT2D eigenvalue weighted by Gasteiger charge is -2.16. The molecule has 3 rings (SSSR count). The molecule has 2 aromatic carbocycles. The number of aromatic hydroxyl groups is 1. The highest BCUT2D eigenvalue weighted by Crippen LogP contribution is 2.35. The number of carbonyl (C=O) groups excluding carboxylic acids is 1. The number of hydrogen-bond donors (Lipinski definition) is 1. The minimum Gasteiger partial charge on any atom is -0.506 e. The highest BCUT2D eigenvalue weighted by molar-refractivity contribution is 9.11. The Labute approximate surface area is 179 Å². The number of hydrogen-bond acceptors (Lipinski definition) is 4. The Kier molecular flexibility index (Phi) is 5.88. The average Bonchev–Trinajstić information content (AvgIpc) is 2.84. The molecule has 0 spiro atoms. The van der Waals surface area contributed by atoms with Gasteiger partial charge in [0.05, 0.1) is 21.2 Å². The van der Waals surface area contributed by atoms with Gasteiger partial charge in [-0.05, 0) is 99.0 Å². The number of anilines is 1. The molecule has 27 heavy (non-hydrogen) atoms. The van der Waals surface area contributed by atoms with E-state index in [1.54, 1.807) is 42.3 Å². The highest BCUT2D eigenvalue weighted by atomic mass is 79.9. The van der Waals surface area contributed by atoms with E-state index in [9.17, 15) is 9.90 Å². The molecule has 1 saturated heterocycles. The summed E-state index contributed by atoms with van der Waals surface area (Å²) < 4.78 is 6.50. The van der Waals surface area contributed by atoms with Gasteiger partial charge in [0.25, 0.3) is 5.91 Å². The van der Waals surface area contributed by atoms with Gasteiger partial charge in [-0.25, -0.2) is 0 Å². The summed E-state index contributed by atoms with van der Waals surface area (Å²) in [5.41, 5.74) is 1.87. The van der Waals surface area contributed by atoms with Crippen molar-refractivity contribution in [3.05, 3.63) is 56.6 Å². The first-order valence-electron chi connectivity index (χ1n) is 8.08. The smallest absolute Gasteiger partial charge is 0.281 e. The molecule has 8 heteroatoms. The number of nitrogens with zero attached hydrogens (tertiary/aromatic N) is 2. The van der Waals surface area contributed by atoms with Crippen molar-refractivity contribution >= 4 is 66.9 Å². The van der Waals surface area contributed by atoms with Crippen LogP contribution < -0.4 is 9.64 Å². The molecule has 0 aromatic heterocycles. The fraction of sp³-hybridized carbons (Fsp3) is 0.158. The molecule has 0 bridgehead atoms. The molecule has 1 fully saturated rings. The second-order valence-corrected chi connectivity index (χ2v) is 7.85.